The Kier molecular flexibility index (Phi) is 9.48. The van der Waals surface area contributed by atoms with Crippen molar-refractivity contribution in [3.8, 4) is 0 Å². The van der Waals surface area contributed by atoms with E-state index in [1.165, 1.54) is 0 Å². The maximum atomic E-state index is 12.4. The molecule has 0 saturated heterocycles. The molecule has 5 rings (SSSR count). The summed E-state index contributed by atoms with van der Waals surface area (Å²) in [6.07, 6.45) is 7.73. The molecule has 0 radical (unpaired) electrons. The van der Waals surface area contributed by atoms with E-state index >= 15 is 0 Å². The van der Waals surface area contributed by atoms with Gasteiger partial charge in [-0.3, -0.25) is 4.79 Å². The zero-order valence-electron chi connectivity index (χ0n) is 24.8. The number of carbonyl (C=O) groups excluding carboxylic acids is 2. The second-order valence-electron chi connectivity index (χ2n) is 13.4. The van der Waals surface area contributed by atoms with E-state index in [2.05, 4.69) is 12.2 Å². The summed E-state index contributed by atoms with van der Waals surface area (Å²) in [5.74, 6) is 0.286. The highest BCUT2D eigenvalue weighted by molar-refractivity contribution is 5.85. The summed E-state index contributed by atoms with van der Waals surface area (Å²) in [4.78, 5) is 24.1. The summed E-state index contributed by atoms with van der Waals surface area (Å²) in [5, 5.41) is 26.9. The van der Waals surface area contributed by atoms with Crippen LogP contribution in [0.15, 0.2) is 11.6 Å². The Morgan fingerprint density at radius 1 is 1.07 bits per heavy atom. The minimum absolute atomic E-state index is 0.0120. The number of esters is 1. The molecule has 5 N–H and O–H groups in total. The summed E-state index contributed by atoms with van der Waals surface area (Å²) in [6, 6.07) is 0. The molecular weight excluding hydrogens is 528 g/mol. The lowest BCUT2D eigenvalue weighted by Crippen LogP contribution is -2.67. The third kappa shape index (κ3) is 5.72. The summed E-state index contributed by atoms with van der Waals surface area (Å²) >= 11 is 0. The first-order chi connectivity index (χ1) is 19.6. The molecule has 0 bridgehead atoms. The van der Waals surface area contributed by atoms with Gasteiger partial charge in [-0.05, 0) is 86.0 Å². The molecular formula is C31H50N2O8. The van der Waals surface area contributed by atoms with Crippen molar-refractivity contribution in [1.29, 1.82) is 0 Å². The van der Waals surface area contributed by atoms with Crippen LogP contribution in [0.4, 0.5) is 0 Å². The number of amides is 1. The van der Waals surface area contributed by atoms with Gasteiger partial charge in [-0.2, -0.15) is 0 Å². The van der Waals surface area contributed by atoms with Gasteiger partial charge in [0.25, 0.3) is 0 Å². The number of carbonyl (C=O) groups is 2. The lowest BCUT2D eigenvalue weighted by Gasteiger charge is -2.65. The first-order valence-electron chi connectivity index (χ1n) is 15.6. The molecule has 41 heavy (non-hydrogen) atoms. The maximum Gasteiger partial charge on any atom is 0.331 e. The van der Waals surface area contributed by atoms with Gasteiger partial charge in [0.1, 0.15) is 13.2 Å². The minimum atomic E-state index is -0.965. The van der Waals surface area contributed by atoms with Crippen molar-refractivity contribution in [2.75, 3.05) is 52.7 Å². The van der Waals surface area contributed by atoms with Crippen molar-refractivity contribution in [3.63, 3.8) is 0 Å². The summed E-state index contributed by atoms with van der Waals surface area (Å²) in [7, 11) is 0. The molecule has 1 amide bonds. The van der Waals surface area contributed by atoms with E-state index in [0.29, 0.717) is 58.3 Å². The van der Waals surface area contributed by atoms with E-state index in [1.54, 1.807) is 6.08 Å². The van der Waals surface area contributed by atoms with E-state index in [4.69, 9.17) is 24.7 Å². The monoisotopic (exact) mass is 578 g/mol. The highest BCUT2D eigenvalue weighted by Gasteiger charge is 2.70. The number of fused-ring (bicyclic) bond motifs is 5. The van der Waals surface area contributed by atoms with Crippen LogP contribution >= 0.6 is 0 Å². The van der Waals surface area contributed by atoms with Gasteiger partial charge in [-0.1, -0.05) is 13.8 Å². The van der Waals surface area contributed by atoms with Crippen LogP contribution in [0.1, 0.15) is 65.2 Å². The van der Waals surface area contributed by atoms with Gasteiger partial charge >= 0.3 is 5.97 Å². The van der Waals surface area contributed by atoms with Crippen LogP contribution in [0.25, 0.3) is 0 Å². The van der Waals surface area contributed by atoms with Crippen molar-refractivity contribution in [1.82, 2.24) is 5.32 Å². The second-order valence-corrected chi connectivity index (χ2v) is 13.4. The first-order valence-corrected chi connectivity index (χ1v) is 15.6. The van der Waals surface area contributed by atoms with Crippen LogP contribution in [0.3, 0.4) is 0 Å². The third-order valence-electron chi connectivity index (χ3n) is 11.7. The topological polar surface area (TPSA) is 150 Å². The fraction of sp³-hybridized carbons (Fsp3) is 0.871. The van der Waals surface area contributed by atoms with E-state index in [1.807, 2.05) is 6.92 Å². The molecule has 4 fully saturated rings. The molecule has 4 saturated carbocycles. The molecule has 4 aliphatic carbocycles. The molecule has 232 valence electrons. The number of hydrogen-bond donors (Lipinski definition) is 4. The Bertz CT molecular complexity index is 991. The standard InChI is InChI=1S/C31H50N2O8/c1-29-7-5-22(40-19-27(35)33-10-12-39-14-13-38-11-9-32)16-21(29)3-4-24-25(29)17-26(34)30(2)23(6-8-31(24,30)37)20-15-28(36)41-18-20/h15,21-26,34,37H,3-14,16-19,32H2,1-2H3,(H,33,35)/t21?,22?,23?,24-,25?,26?,29?,30-,31?/m0/s1. The van der Waals surface area contributed by atoms with Crippen LogP contribution in [-0.4, -0.2) is 92.6 Å². The Labute approximate surface area is 243 Å². The number of nitrogens with two attached hydrogens (primary N) is 1. The lowest BCUT2D eigenvalue weighted by molar-refractivity contribution is -0.245. The quantitative estimate of drug-likeness (QED) is 0.201. The lowest BCUT2D eigenvalue weighted by atomic mass is 9.42. The zero-order valence-corrected chi connectivity index (χ0v) is 24.8. The zero-order chi connectivity index (χ0) is 29.3. The molecule has 1 aliphatic heterocycles. The average molecular weight is 579 g/mol. The molecule has 9 atom stereocenters. The Morgan fingerprint density at radius 2 is 1.85 bits per heavy atom. The van der Waals surface area contributed by atoms with Crippen molar-refractivity contribution in [3.05, 3.63) is 11.6 Å². The SMILES string of the molecule is CC12CCC(OCC(=O)NCCOCCOCCN)CC1CC[C@H]1C2CC(O)[C@]2(C)C(C3=CC(=O)OC3)CCC12O. The molecule has 0 aromatic heterocycles. The largest absolute Gasteiger partial charge is 0.458 e. The maximum absolute atomic E-state index is 12.4. The van der Waals surface area contributed by atoms with Gasteiger partial charge in [0.15, 0.2) is 0 Å². The fourth-order valence-corrected chi connectivity index (χ4v) is 9.41. The van der Waals surface area contributed by atoms with Crippen LogP contribution in [0.5, 0.6) is 0 Å². The highest BCUT2D eigenvalue weighted by Crippen LogP contribution is 2.70. The number of rotatable bonds is 12. The van der Waals surface area contributed by atoms with Crippen molar-refractivity contribution in [2.24, 2.45) is 40.2 Å². The number of aliphatic hydroxyl groups excluding tert-OH is 1. The van der Waals surface area contributed by atoms with Crippen LogP contribution in [-0.2, 0) is 28.5 Å². The third-order valence-corrected chi connectivity index (χ3v) is 11.7. The predicted molar refractivity (Wildman–Crippen MR) is 151 cm³/mol. The van der Waals surface area contributed by atoms with Gasteiger partial charge in [0.05, 0.1) is 44.2 Å². The smallest absolute Gasteiger partial charge is 0.331 e. The predicted octanol–water partition coefficient (Wildman–Crippen LogP) is 1.71. The summed E-state index contributed by atoms with van der Waals surface area (Å²) in [6.45, 7) is 7.54. The summed E-state index contributed by atoms with van der Waals surface area (Å²) < 4.78 is 22.0. The van der Waals surface area contributed by atoms with Crippen LogP contribution in [0.2, 0.25) is 0 Å². The second kappa shape index (κ2) is 12.6. The molecule has 5 aliphatic rings. The van der Waals surface area contributed by atoms with E-state index < -0.39 is 17.1 Å². The van der Waals surface area contributed by atoms with Gasteiger partial charge in [0, 0.05) is 24.6 Å². The number of ether oxygens (including phenoxy) is 4. The fourth-order valence-electron chi connectivity index (χ4n) is 9.41. The van der Waals surface area contributed by atoms with Gasteiger partial charge in [-0.15, -0.1) is 0 Å². The van der Waals surface area contributed by atoms with Crippen molar-refractivity contribution >= 4 is 11.9 Å². The van der Waals surface area contributed by atoms with E-state index in [9.17, 15) is 19.8 Å². The van der Waals surface area contributed by atoms with Gasteiger partial charge in [-0.25, -0.2) is 4.79 Å². The summed E-state index contributed by atoms with van der Waals surface area (Å²) in [5.41, 5.74) is 4.66. The van der Waals surface area contributed by atoms with E-state index in [0.717, 1.165) is 44.1 Å². The van der Waals surface area contributed by atoms with Crippen molar-refractivity contribution in [2.45, 2.75) is 83.0 Å². The molecule has 10 heteroatoms. The van der Waals surface area contributed by atoms with Gasteiger partial charge in [0.2, 0.25) is 5.91 Å². The molecule has 0 aromatic carbocycles. The number of cyclic esters (lactones) is 1. The normalized spacial score (nSPS) is 41.7. The molecule has 1 heterocycles. The first kappa shape index (κ1) is 30.9. The minimum Gasteiger partial charge on any atom is -0.458 e. The van der Waals surface area contributed by atoms with Gasteiger partial charge < -0.3 is 40.2 Å². The Balaban J connectivity index is 1.13. The molecule has 0 spiro atoms. The number of aliphatic hydroxyl groups is 2. The van der Waals surface area contributed by atoms with Crippen molar-refractivity contribution < 1.29 is 38.7 Å². The van der Waals surface area contributed by atoms with E-state index in [-0.39, 0.29) is 54.4 Å². The van der Waals surface area contributed by atoms with Crippen LogP contribution in [0, 0.1) is 34.5 Å². The Morgan fingerprint density at radius 3 is 2.59 bits per heavy atom. The molecule has 7 unspecified atom stereocenters. The Hall–Kier alpha value is -1.56. The average Bonchev–Trinajstić information content (AvgIpc) is 3.50. The number of nitrogens with one attached hydrogen (secondary N) is 1. The van der Waals surface area contributed by atoms with Crippen LogP contribution < -0.4 is 11.1 Å². The number of hydrogen-bond acceptors (Lipinski definition) is 9. The molecule has 10 nitrogen and oxygen atoms in total. The molecule has 0 aromatic rings. The highest BCUT2D eigenvalue weighted by atomic mass is 16.5.